The Hall–Kier alpha value is -2.71. The molecule has 26 heavy (non-hydrogen) atoms. The number of methoxy groups -OCH3 is 2. The molecule has 138 valence electrons. The molecule has 2 aromatic rings. The highest BCUT2D eigenvalue weighted by molar-refractivity contribution is 5.91. The Labute approximate surface area is 151 Å². The topological polar surface area (TPSA) is 85.7 Å². The van der Waals surface area contributed by atoms with Gasteiger partial charge in [-0.1, -0.05) is 30.3 Å². The van der Waals surface area contributed by atoms with E-state index in [0.717, 1.165) is 6.54 Å². The van der Waals surface area contributed by atoms with Crippen LogP contribution in [0.1, 0.15) is 16.1 Å². The molecule has 0 spiro atoms. The van der Waals surface area contributed by atoms with Crippen molar-refractivity contribution in [2.75, 3.05) is 32.7 Å². The van der Waals surface area contributed by atoms with Gasteiger partial charge in [-0.15, -0.1) is 0 Å². The van der Waals surface area contributed by atoms with Crippen LogP contribution in [0.4, 0.5) is 0 Å². The van der Waals surface area contributed by atoms with E-state index in [2.05, 4.69) is 32.2 Å². The molecule has 2 atom stereocenters. The summed E-state index contributed by atoms with van der Waals surface area (Å²) in [5, 5.41) is 0. The molecule has 1 aliphatic heterocycles. The summed E-state index contributed by atoms with van der Waals surface area (Å²) in [6.45, 7) is 1.99. The number of carbonyl (C=O) groups excluding carboxylic acids is 2. The second-order valence-electron chi connectivity index (χ2n) is 6.18. The first-order valence-electron chi connectivity index (χ1n) is 8.33. The number of amides is 1. The van der Waals surface area contributed by atoms with E-state index in [4.69, 9.17) is 4.74 Å². The van der Waals surface area contributed by atoms with Gasteiger partial charge in [-0.3, -0.25) is 15.1 Å². The number of hydrogen-bond acceptors (Lipinski definition) is 6. The van der Waals surface area contributed by atoms with Gasteiger partial charge in [0.05, 0.1) is 25.3 Å². The standard InChI is InChI=1S/C18H22N4O4/c1-25-16-11-21(9-13-6-4-3-5-7-13)10-14(16)17(23)20-22-12-19-8-15(22)18(24)26-2/h3-8,12,14,16H,9-11H2,1-2H3,(H,20,23). The summed E-state index contributed by atoms with van der Waals surface area (Å²) in [7, 11) is 2.88. The molecule has 1 aromatic carbocycles. The van der Waals surface area contributed by atoms with Gasteiger partial charge in [0, 0.05) is 26.7 Å². The zero-order chi connectivity index (χ0) is 18.5. The van der Waals surface area contributed by atoms with Crippen LogP contribution >= 0.6 is 0 Å². The molecule has 0 radical (unpaired) electrons. The van der Waals surface area contributed by atoms with E-state index >= 15 is 0 Å². The molecule has 2 heterocycles. The fraction of sp³-hybridized carbons (Fsp3) is 0.389. The minimum atomic E-state index is -0.566. The predicted octanol–water partition coefficient (Wildman–Crippen LogP) is 0.887. The number of hydrogen-bond donors (Lipinski definition) is 1. The first-order valence-corrected chi connectivity index (χ1v) is 8.33. The maximum absolute atomic E-state index is 12.7. The Morgan fingerprint density at radius 1 is 1.23 bits per heavy atom. The van der Waals surface area contributed by atoms with Crippen molar-refractivity contribution in [3.05, 3.63) is 54.1 Å². The van der Waals surface area contributed by atoms with Crippen molar-refractivity contribution in [3.8, 4) is 0 Å². The van der Waals surface area contributed by atoms with Crippen molar-refractivity contribution in [2.24, 2.45) is 5.92 Å². The fourth-order valence-electron chi connectivity index (χ4n) is 3.15. The third-order valence-electron chi connectivity index (χ3n) is 4.49. The molecule has 1 N–H and O–H groups in total. The number of imidazole rings is 1. The molecule has 1 aromatic heterocycles. The van der Waals surface area contributed by atoms with Crippen LogP contribution in [0.2, 0.25) is 0 Å². The smallest absolute Gasteiger partial charge is 0.358 e. The Balaban J connectivity index is 1.66. The Kier molecular flexibility index (Phi) is 5.65. The lowest BCUT2D eigenvalue weighted by atomic mass is 10.1. The monoisotopic (exact) mass is 358 g/mol. The Bertz CT molecular complexity index is 762. The number of ether oxygens (including phenoxy) is 2. The normalized spacial score (nSPS) is 20.1. The summed E-state index contributed by atoms with van der Waals surface area (Å²) in [4.78, 5) is 30.5. The van der Waals surface area contributed by atoms with Crippen molar-refractivity contribution in [3.63, 3.8) is 0 Å². The van der Waals surface area contributed by atoms with Crippen molar-refractivity contribution < 1.29 is 19.1 Å². The minimum absolute atomic E-state index is 0.161. The predicted molar refractivity (Wildman–Crippen MR) is 93.9 cm³/mol. The van der Waals surface area contributed by atoms with Crippen LogP contribution in [0, 0.1) is 5.92 Å². The van der Waals surface area contributed by atoms with Crippen LogP contribution in [0.15, 0.2) is 42.9 Å². The van der Waals surface area contributed by atoms with Crippen LogP contribution < -0.4 is 5.43 Å². The third kappa shape index (κ3) is 3.92. The highest BCUT2D eigenvalue weighted by atomic mass is 16.5. The summed E-state index contributed by atoms with van der Waals surface area (Å²) in [5.41, 5.74) is 4.05. The molecule has 1 fully saturated rings. The number of nitrogens with one attached hydrogen (secondary N) is 1. The molecular formula is C18H22N4O4. The zero-order valence-corrected chi connectivity index (χ0v) is 14.8. The average Bonchev–Trinajstić information content (AvgIpc) is 3.28. The maximum Gasteiger partial charge on any atom is 0.358 e. The fourth-order valence-corrected chi connectivity index (χ4v) is 3.15. The van der Waals surface area contributed by atoms with Crippen LogP contribution in [0.25, 0.3) is 0 Å². The van der Waals surface area contributed by atoms with E-state index in [1.165, 1.54) is 29.9 Å². The Morgan fingerprint density at radius 2 is 2.00 bits per heavy atom. The summed E-state index contributed by atoms with van der Waals surface area (Å²) < 4.78 is 11.5. The van der Waals surface area contributed by atoms with E-state index in [1.54, 1.807) is 7.11 Å². The van der Waals surface area contributed by atoms with Crippen LogP contribution in [0.3, 0.4) is 0 Å². The molecule has 1 aliphatic rings. The average molecular weight is 358 g/mol. The first kappa shape index (κ1) is 18.1. The number of rotatable bonds is 6. The number of esters is 1. The van der Waals surface area contributed by atoms with Gasteiger partial charge < -0.3 is 9.47 Å². The quantitative estimate of drug-likeness (QED) is 0.772. The lowest BCUT2D eigenvalue weighted by Crippen LogP contribution is -2.37. The highest BCUT2D eigenvalue weighted by Crippen LogP contribution is 2.22. The minimum Gasteiger partial charge on any atom is -0.464 e. The summed E-state index contributed by atoms with van der Waals surface area (Å²) in [5.74, 6) is -1.14. The van der Waals surface area contributed by atoms with Crippen LogP contribution in [0.5, 0.6) is 0 Å². The van der Waals surface area contributed by atoms with Gasteiger partial charge in [0.25, 0.3) is 0 Å². The van der Waals surface area contributed by atoms with Crippen molar-refractivity contribution in [2.45, 2.75) is 12.6 Å². The van der Waals surface area contributed by atoms with E-state index in [1.807, 2.05) is 18.2 Å². The van der Waals surface area contributed by atoms with Gasteiger partial charge in [-0.2, -0.15) is 0 Å². The van der Waals surface area contributed by atoms with E-state index in [9.17, 15) is 9.59 Å². The van der Waals surface area contributed by atoms with Crippen molar-refractivity contribution in [1.29, 1.82) is 0 Å². The molecule has 2 unspecified atom stereocenters. The lowest BCUT2D eigenvalue weighted by Gasteiger charge is -2.17. The lowest BCUT2D eigenvalue weighted by molar-refractivity contribution is -0.123. The van der Waals surface area contributed by atoms with Crippen LogP contribution in [-0.4, -0.2) is 59.8 Å². The molecule has 0 bridgehead atoms. The van der Waals surface area contributed by atoms with Crippen molar-refractivity contribution >= 4 is 11.9 Å². The van der Waals surface area contributed by atoms with E-state index in [-0.39, 0.29) is 23.6 Å². The molecule has 8 heteroatoms. The SMILES string of the molecule is COC(=O)c1cncn1NC(=O)C1CN(Cc2ccccc2)CC1OC. The molecule has 1 amide bonds. The molecule has 0 saturated carbocycles. The maximum atomic E-state index is 12.7. The number of aromatic nitrogens is 2. The number of benzene rings is 1. The summed E-state index contributed by atoms with van der Waals surface area (Å²) in [6.07, 6.45) is 2.49. The third-order valence-corrected chi connectivity index (χ3v) is 4.49. The van der Waals surface area contributed by atoms with Gasteiger partial charge in [0.2, 0.25) is 5.91 Å². The highest BCUT2D eigenvalue weighted by Gasteiger charge is 2.38. The largest absolute Gasteiger partial charge is 0.464 e. The molecule has 8 nitrogen and oxygen atoms in total. The van der Waals surface area contributed by atoms with Gasteiger partial charge in [-0.05, 0) is 5.56 Å². The molecule has 1 saturated heterocycles. The second-order valence-corrected chi connectivity index (χ2v) is 6.18. The van der Waals surface area contributed by atoms with Gasteiger partial charge in [0.15, 0.2) is 5.69 Å². The van der Waals surface area contributed by atoms with Gasteiger partial charge in [0.1, 0.15) is 6.33 Å². The summed E-state index contributed by atoms with van der Waals surface area (Å²) in [6, 6.07) is 10.1. The Morgan fingerprint density at radius 3 is 2.69 bits per heavy atom. The number of nitrogens with zero attached hydrogens (tertiary/aromatic N) is 3. The summed E-state index contributed by atoms with van der Waals surface area (Å²) >= 11 is 0. The first-order chi connectivity index (χ1) is 12.6. The number of likely N-dealkylation sites (tertiary alicyclic amines) is 1. The number of carbonyl (C=O) groups is 2. The van der Waals surface area contributed by atoms with Crippen LogP contribution in [-0.2, 0) is 20.8 Å². The van der Waals surface area contributed by atoms with Gasteiger partial charge in [-0.25, -0.2) is 14.5 Å². The van der Waals surface area contributed by atoms with Gasteiger partial charge >= 0.3 is 5.97 Å². The van der Waals surface area contributed by atoms with E-state index < -0.39 is 5.97 Å². The molecule has 3 rings (SSSR count). The zero-order valence-electron chi connectivity index (χ0n) is 14.8. The molecule has 0 aliphatic carbocycles. The second kappa shape index (κ2) is 8.11. The molecular weight excluding hydrogens is 336 g/mol. The van der Waals surface area contributed by atoms with Crippen molar-refractivity contribution in [1.82, 2.24) is 14.6 Å². The van der Waals surface area contributed by atoms with E-state index in [0.29, 0.717) is 13.1 Å².